The normalized spacial score (nSPS) is 11.6. The average Bonchev–Trinajstić information content (AvgIpc) is 3.05. The Bertz CT molecular complexity index is 1500. The van der Waals surface area contributed by atoms with Gasteiger partial charge in [-0.15, -0.1) is 0 Å². The van der Waals surface area contributed by atoms with E-state index in [0.717, 1.165) is 0 Å². The highest BCUT2D eigenvalue weighted by Crippen LogP contribution is 2.14. The number of hydrogen-bond donors (Lipinski definition) is 2. The van der Waals surface area contributed by atoms with Crippen molar-refractivity contribution < 1.29 is 47.5 Å². The van der Waals surface area contributed by atoms with Crippen LogP contribution in [-0.4, -0.2) is 128 Å². The number of halogens is 4. The fourth-order valence-electron chi connectivity index (χ4n) is 3.22. The van der Waals surface area contributed by atoms with E-state index in [-0.39, 0.29) is 116 Å². The molecule has 0 amide bonds. The number of rotatable bonds is 20. The summed E-state index contributed by atoms with van der Waals surface area (Å²) in [6.45, 7) is 9.02. The van der Waals surface area contributed by atoms with E-state index < -0.39 is 17.9 Å². The minimum absolute atomic E-state index is 0.103. The summed E-state index contributed by atoms with van der Waals surface area (Å²) in [4.78, 5) is 68.2. The molecule has 0 aromatic carbocycles. The van der Waals surface area contributed by atoms with Crippen LogP contribution in [-0.2, 0) is 33.3 Å². The molecule has 21 nitrogen and oxygen atoms in total. The molecule has 0 saturated carbocycles. The number of esters is 3. The zero-order valence-corrected chi connectivity index (χ0v) is 31.5. The summed E-state index contributed by atoms with van der Waals surface area (Å²) in [7, 11) is 0. The quantitative estimate of drug-likeness (QED) is 0.123. The summed E-state index contributed by atoms with van der Waals surface area (Å²) in [5.74, 6) is -1.34. The van der Waals surface area contributed by atoms with E-state index in [0.29, 0.717) is 0 Å². The van der Waals surface area contributed by atoms with Crippen LogP contribution in [0, 0.1) is 0 Å². The van der Waals surface area contributed by atoms with Gasteiger partial charge in [-0.05, 0) is 81.0 Å². The predicted molar refractivity (Wildman–Crippen MR) is 183 cm³/mol. The van der Waals surface area contributed by atoms with Gasteiger partial charge in [0.1, 0.15) is 0 Å². The fourth-order valence-corrected chi connectivity index (χ4v) is 3.87. The fraction of sp³-hybridized carbons (Fsp3) is 0.556. The van der Waals surface area contributed by atoms with Crippen molar-refractivity contribution in [1.82, 2.24) is 44.9 Å². The van der Waals surface area contributed by atoms with Crippen molar-refractivity contribution in [2.45, 2.75) is 46.7 Å². The third kappa shape index (κ3) is 18.7. The summed E-state index contributed by atoms with van der Waals surface area (Å²) in [6, 6.07) is -0.810. The number of nitrogens with one attached hydrogen (secondary N) is 2. The summed E-state index contributed by atoms with van der Waals surface area (Å²) >= 11 is 22.8. The molecule has 3 rings (SSSR count). The molecule has 2 N–H and O–H groups in total. The molecule has 25 heteroatoms. The van der Waals surface area contributed by atoms with Gasteiger partial charge in [0.2, 0.25) is 33.0 Å². The second-order valence-electron chi connectivity index (χ2n) is 9.49. The Morgan fingerprint density at radius 1 is 0.519 bits per heavy atom. The Morgan fingerprint density at radius 2 is 0.827 bits per heavy atom. The van der Waals surface area contributed by atoms with Gasteiger partial charge in [0.25, 0.3) is 0 Å². The molecule has 3 aromatic heterocycles. The third-order valence-corrected chi connectivity index (χ3v) is 5.77. The molecular formula is C27H35Cl4N11O10. The van der Waals surface area contributed by atoms with Crippen LogP contribution in [0.25, 0.3) is 0 Å². The number of aromatic nitrogens is 9. The van der Waals surface area contributed by atoms with Crippen molar-refractivity contribution in [2.75, 3.05) is 63.5 Å². The number of anilines is 2. The highest BCUT2D eigenvalue weighted by atomic mass is 35.5. The molecule has 0 saturated heterocycles. The van der Waals surface area contributed by atoms with Crippen LogP contribution in [0.3, 0.4) is 0 Å². The molecule has 2 unspecified atom stereocenters. The van der Waals surface area contributed by atoms with Gasteiger partial charge in [-0.2, -0.15) is 44.9 Å². The van der Waals surface area contributed by atoms with Crippen LogP contribution in [0.2, 0.25) is 21.1 Å². The van der Waals surface area contributed by atoms with E-state index >= 15 is 0 Å². The van der Waals surface area contributed by atoms with Gasteiger partial charge in [0.15, 0.2) is 19.8 Å². The molecule has 0 bridgehead atoms. The molecule has 0 aliphatic heterocycles. The standard InChI is InChI=1S/C20H28Cl2N8O7.C7H7Cl2N3O3/c1-5-34-13(31)9-36-19-27-15(21)25-17(29-19)23-11(3)7-33-8-12(4)24-18-26-16(22)28-20(30-18)37-10-14(32)35-6-2;1-2-14-4(13)3-15-7-11-5(8)10-6(9)12-7/h11-12H,5-10H2,1-4H3,(H,23,25,27,29)(H,24,26,28,30);2-3H2,1H3. The average molecular weight is 815 g/mol. The molecule has 0 aliphatic rings. The van der Waals surface area contributed by atoms with E-state index in [1.54, 1.807) is 20.8 Å². The van der Waals surface area contributed by atoms with Crippen LogP contribution in [0.4, 0.5) is 11.9 Å². The Labute approximate surface area is 317 Å². The van der Waals surface area contributed by atoms with Gasteiger partial charge < -0.3 is 43.8 Å². The first-order valence-electron chi connectivity index (χ1n) is 15.2. The van der Waals surface area contributed by atoms with Gasteiger partial charge in [0.05, 0.1) is 33.0 Å². The third-order valence-electron chi connectivity index (χ3n) is 5.10. The molecule has 0 fully saturated rings. The first-order valence-corrected chi connectivity index (χ1v) is 16.7. The molecular weight excluding hydrogens is 780 g/mol. The SMILES string of the molecule is CCOC(=O)COc1nc(Cl)nc(Cl)n1.CCOC(=O)COc1nc(Cl)nc(NC(C)COCC(C)Nc2nc(Cl)nc(OCC(=O)OCC)n2)n1. The second kappa shape index (κ2) is 23.9. The smallest absolute Gasteiger partial charge is 0.344 e. The van der Waals surface area contributed by atoms with Crippen molar-refractivity contribution in [3.8, 4) is 18.0 Å². The zero-order valence-electron chi connectivity index (χ0n) is 28.4. The lowest BCUT2D eigenvalue weighted by atomic mass is 10.3. The lowest BCUT2D eigenvalue weighted by Crippen LogP contribution is -2.28. The second-order valence-corrected chi connectivity index (χ2v) is 10.8. The van der Waals surface area contributed by atoms with Crippen molar-refractivity contribution >= 4 is 76.2 Å². The highest BCUT2D eigenvalue weighted by Gasteiger charge is 2.14. The highest BCUT2D eigenvalue weighted by molar-refractivity contribution is 6.31. The maximum absolute atomic E-state index is 11.4. The van der Waals surface area contributed by atoms with Crippen LogP contribution in [0.5, 0.6) is 18.0 Å². The van der Waals surface area contributed by atoms with Crippen LogP contribution in [0.15, 0.2) is 0 Å². The van der Waals surface area contributed by atoms with Gasteiger partial charge >= 0.3 is 35.9 Å². The van der Waals surface area contributed by atoms with Crippen molar-refractivity contribution in [3.63, 3.8) is 0 Å². The Hall–Kier alpha value is -4.44. The minimum Gasteiger partial charge on any atom is -0.463 e. The van der Waals surface area contributed by atoms with E-state index in [9.17, 15) is 14.4 Å². The van der Waals surface area contributed by atoms with Gasteiger partial charge in [-0.25, -0.2) is 14.4 Å². The van der Waals surface area contributed by atoms with Crippen molar-refractivity contribution in [1.29, 1.82) is 0 Å². The summed E-state index contributed by atoms with van der Waals surface area (Å²) in [6.07, 6.45) is 0. The first kappa shape index (κ1) is 43.7. The van der Waals surface area contributed by atoms with Crippen LogP contribution >= 0.6 is 46.4 Å². The molecule has 0 spiro atoms. The maximum atomic E-state index is 11.4. The van der Waals surface area contributed by atoms with Crippen molar-refractivity contribution in [3.05, 3.63) is 21.1 Å². The van der Waals surface area contributed by atoms with Crippen LogP contribution < -0.4 is 24.8 Å². The molecule has 52 heavy (non-hydrogen) atoms. The molecule has 3 aromatic rings. The topological polar surface area (TPSA) is 256 Å². The van der Waals surface area contributed by atoms with E-state index in [1.165, 1.54) is 0 Å². The van der Waals surface area contributed by atoms with Gasteiger partial charge in [-0.1, -0.05) is 0 Å². The number of carbonyl (C=O) groups is 3. The van der Waals surface area contributed by atoms with Crippen LogP contribution in [0.1, 0.15) is 34.6 Å². The number of nitrogens with zero attached hydrogens (tertiary/aromatic N) is 9. The first-order chi connectivity index (χ1) is 24.8. The summed E-state index contributed by atoms with van der Waals surface area (Å²) in [5, 5.41) is 5.61. The predicted octanol–water partition coefficient (Wildman–Crippen LogP) is 2.69. The van der Waals surface area contributed by atoms with Gasteiger partial charge in [-0.3, -0.25) is 0 Å². The Morgan fingerprint density at radius 3 is 1.15 bits per heavy atom. The summed E-state index contributed by atoms with van der Waals surface area (Å²) < 4.78 is 35.2. The maximum Gasteiger partial charge on any atom is 0.344 e. The van der Waals surface area contributed by atoms with Crippen molar-refractivity contribution in [2.24, 2.45) is 0 Å². The molecule has 2 atom stereocenters. The zero-order chi connectivity index (χ0) is 38.5. The van der Waals surface area contributed by atoms with Gasteiger partial charge in [0, 0.05) is 12.1 Å². The van der Waals surface area contributed by atoms with E-state index in [1.807, 2.05) is 13.8 Å². The Balaban J connectivity index is 0.000000519. The molecule has 286 valence electrons. The number of carbonyl (C=O) groups excluding carboxylic acids is 3. The lowest BCUT2D eigenvalue weighted by molar-refractivity contribution is -0.146. The molecule has 0 aliphatic carbocycles. The molecule has 0 radical (unpaired) electrons. The van der Waals surface area contributed by atoms with E-state index in [2.05, 4.69) is 60.2 Å². The monoisotopic (exact) mass is 813 g/mol. The van der Waals surface area contributed by atoms with E-state index in [4.69, 9.17) is 74.8 Å². The minimum atomic E-state index is -0.557. The molecule has 3 heterocycles. The number of hydrogen-bond acceptors (Lipinski definition) is 21. The number of ether oxygens (including phenoxy) is 7. The summed E-state index contributed by atoms with van der Waals surface area (Å²) in [5.41, 5.74) is 0. The largest absolute Gasteiger partial charge is 0.463 e. The lowest BCUT2D eigenvalue weighted by Gasteiger charge is -2.18. The Kier molecular flexibility index (Phi) is 20.1.